The van der Waals surface area contributed by atoms with Crippen molar-refractivity contribution in [2.24, 2.45) is 5.73 Å². The second-order valence-electron chi connectivity index (χ2n) is 5.78. The first-order chi connectivity index (χ1) is 11.6. The van der Waals surface area contributed by atoms with E-state index in [1.807, 2.05) is 30.3 Å². The van der Waals surface area contributed by atoms with Gasteiger partial charge in [-0.2, -0.15) is 0 Å². The fraction of sp³-hybridized carbons (Fsp3) is 0.211. The number of aromatic hydroxyl groups is 1. The first-order valence-electron chi connectivity index (χ1n) is 7.96. The Labute approximate surface area is 146 Å². The van der Waals surface area contributed by atoms with E-state index in [1.54, 1.807) is 18.2 Å². The van der Waals surface area contributed by atoms with E-state index < -0.39 is 0 Å². The molecule has 5 heteroatoms. The predicted octanol–water partition coefficient (Wildman–Crippen LogP) is 4.41. The Morgan fingerprint density at radius 2 is 2.00 bits per heavy atom. The van der Waals surface area contributed by atoms with E-state index >= 15 is 0 Å². The molecule has 4 nitrogen and oxygen atoms in total. The third kappa shape index (κ3) is 3.45. The highest BCUT2D eigenvalue weighted by Gasteiger charge is 2.11. The molecule has 0 amide bonds. The molecule has 3 rings (SSSR count). The van der Waals surface area contributed by atoms with Crippen molar-refractivity contribution in [2.75, 3.05) is 11.9 Å². The minimum Gasteiger partial charge on any atom is -0.507 e. The molecular formula is C19H20ClN3O. The van der Waals surface area contributed by atoms with Gasteiger partial charge in [-0.15, -0.1) is 0 Å². The summed E-state index contributed by atoms with van der Waals surface area (Å²) in [5, 5.41) is 15.1. The predicted molar refractivity (Wildman–Crippen MR) is 101 cm³/mol. The van der Waals surface area contributed by atoms with Crippen molar-refractivity contribution in [1.29, 1.82) is 0 Å². The van der Waals surface area contributed by atoms with Gasteiger partial charge in [-0.1, -0.05) is 36.7 Å². The normalized spacial score (nSPS) is 12.3. The summed E-state index contributed by atoms with van der Waals surface area (Å²) in [7, 11) is 0. The van der Waals surface area contributed by atoms with E-state index in [4.69, 9.17) is 17.3 Å². The highest BCUT2D eigenvalue weighted by molar-refractivity contribution is 6.31. The van der Waals surface area contributed by atoms with E-state index in [1.165, 1.54) is 0 Å². The van der Waals surface area contributed by atoms with Gasteiger partial charge in [0.15, 0.2) is 0 Å². The van der Waals surface area contributed by atoms with Gasteiger partial charge in [0.25, 0.3) is 0 Å². The molecule has 0 spiro atoms. The Morgan fingerprint density at radius 3 is 2.79 bits per heavy atom. The number of nitrogens with one attached hydrogen (secondary N) is 1. The average molecular weight is 342 g/mol. The SMILES string of the molecule is CCC(N)CNc1cc(-c2cc(Cl)ccc2O)nc2ccccc12. The van der Waals surface area contributed by atoms with Crippen molar-refractivity contribution in [3.05, 3.63) is 53.6 Å². The number of halogens is 1. The fourth-order valence-corrected chi connectivity index (χ4v) is 2.73. The second kappa shape index (κ2) is 7.07. The van der Waals surface area contributed by atoms with Crippen molar-refractivity contribution in [1.82, 2.24) is 4.98 Å². The number of hydrogen-bond donors (Lipinski definition) is 3. The lowest BCUT2D eigenvalue weighted by molar-refractivity contribution is 0.477. The number of pyridine rings is 1. The molecule has 4 N–H and O–H groups in total. The van der Waals surface area contributed by atoms with Crippen LogP contribution in [0.3, 0.4) is 0 Å². The topological polar surface area (TPSA) is 71.2 Å². The van der Waals surface area contributed by atoms with Crippen LogP contribution in [0.4, 0.5) is 5.69 Å². The molecule has 1 heterocycles. The van der Waals surface area contributed by atoms with Crippen LogP contribution in [-0.4, -0.2) is 22.7 Å². The number of anilines is 1. The molecule has 3 aromatic rings. The summed E-state index contributed by atoms with van der Waals surface area (Å²) < 4.78 is 0. The Balaban J connectivity index is 2.11. The van der Waals surface area contributed by atoms with Gasteiger partial charge in [0, 0.05) is 34.2 Å². The Morgan fingerprint density at radius 1 is 1.21 bits per heavy atom. The van der Waals surface area contributed by atoms with Crippen LogP contribution in [-0.2, 0) is 0 Å². The molecule has 0 aliphatic carbocycles. The lowest BCUT2D eigenvalue weighted by Crippen LogP contribution is -2.28. The van der Waals surface area contributed by atoms with E-state index in [0.717, 1.165) is 23.0 Å². The molecule has 0 fully saturated rings. The summed E-state index contributed by atoms with van der Waals surface area (Å²) in [5.41, 5.74) is 9.09. The molecule has 24 heavy (non-hydrogen) atoms. The maximum atomic E-state index is 10.2. The van der Waals surface area contributed by atoms with Crippen LogP contribution in [0.15, 0.2) is 48.5 Å². The molecule has 0 radical (unpaired) electrons. The lowest BCUT2D eigenvalue weighted by atomic mass is 10.1. The molecular weight excluding hydrogens is 322 g/mol. The largest absolute Gasteiger partial charge is 0.507 e. The van der Waals surface area contributed by atoms with Gasteiger partial charge >= 0.3 is 0 Å². The molecule has 0 bridgehead atoms. The van der Waals surface area contributed by atoms with Crippen molar-refractivity contribution in [3.63, 3.8) is 0 Å². The maximum Gasteiger partial charge on any atom is 0.125 e. The third-order valence-electron chi connectivity index (χ3n) is 4.03. The summed E-state index contributed by atoms with van der Waals surface area (Å²) >= 11 is 6.08. The zero-order valence-electron chi connectivity index (χ0n) is 13.5. The standard InChI is InChI=1S/C19H20ClN3O/c1-2-13(21)11-22-17-10-18(15-9-12(20)7-8-19(15)24)23-16-6-4-3-5-14(16)17/h3-10,13,24H,2,11,21H2,1H3,(H,22,23). The van der Waals surface area contributed by atoms with Crippen LogP contribution in [0.2, 0.25) is 5.02 Å². The van der Waals surface area contributed by atoms with Crippen molar-refractivity contribution < 1.29 is 5.11 Å². The number of fused-ring (bicyclic) bond motifs is 1. The molecule has 0 saturated heterocycles. The number of nitrogens with zero attached hydrogens (tertiary/aromatic N) is 1. The molecule has 124 valence electrons. The van der Waals surface area contributed by atoms with Gasteiger partial charge in [-0.25, -0.2) is 4.98 Å². The van der Waals surface area contributed by atoms with Crippen LogP contribution in [0.5, 0.6) is 5.75 Å². The number of aromatic nitrogens is 1. The van der Waals surface area contributed by atoms with Gasteiger partial charge in [-0.05, 0) is 36.8 Å². The van der Waals surface area contributed by atoms with Crippen molar-refractivity contribution in [2.45, 2.75) is 19.4 Å². The van der Waals surface area contributed by atoms with Gasteiger partial charge in [0.05, 0.1) is 11.2 Å². The molecule has 1 unspecified atom stereocenters. The Hall–Kier alpha value is -2.30. The first kappa shape index (κ1) is 16.6. The van der Waals surface area contributed by atoms with E-state index in [0.29, 0.717) is 22.8 Å². The fourth-order valence-electron chi connectivity index (χ4n) is 2.56. The number of para-hydroxylation sites is 1. The zero-order chi connectivity index (χ0) is 17.1. The second-order valence-corrected chi connectivity index (χ2v) is 6.22. The van der Waals surface area contributed by atoms with Crippen LogP contribution in [0.1, 0.15) is 13.3 Å². The highest BCUT2D eigenvalue weighted by Crippen LogP contribution is 2.34. The quantitative estimate of drug-likeness (QED) is 0.642. The third-order valence-corrected chi connectivity index (χ3v) is 4.26. The summed E-state index contributed by atoms with van der Waals surface area (Å²) in [4.78, 5) is 4.67. The van der Waals surface area contributed by atoms with Crippen molar-refractivity contribution >= 4 is 28.2 Å². The van der Waals surface area contributed by atoms with Crippen LogP contribution in [0, 0.1) is 0 Å². The number of benzene rings is 2. The van der Waals surface area contributed by atoms with Gasteiger partial charge in [0.1, 0.15) is 5.75 Å². The highest BCUT2D eigenvalue weighted by atomic mass is 35.5. The first-order valence-corrected chi connectivity index (χ1v) is 8.34. The minimum absolute atomic E-state index is 0.0833. The smallest absolute Gasteiger partial charge is 0.125 e. The molecule has 2 aromatic carbocycles. The number of rotatable bonds is 5. The van der Waals surface area contributed by atoms with Crippen LogP contribution < -0.4 is 11.1 Å². The number of phenols is 1. The monoisotopic (exact) mass is 341 g/mol. The van der Waals surface area contributed by atoms with Gasteiger partial charge < -0.3 is 16.2 Å². The minimum atomic E-state index is 0.0833. The zero-order valence-corrected chi connectivity index (χ0v) is 14.2. The molecule has 1 atom stereocenters. The maximum absolute atomic E-state index is 10.2. The van der Waals surface area contributed by atoms with Crippen LogP contribution in [0.25, 0.3) is 22.2 Å². The van der Waals surface area contributed by atoms with Gasteiger partial charge in [-0.3, -0.25) is 0 Å². The Bertz CT molecular complexity index is 866. The number of hydrogen-bond acceptors (Lipinski definition) is 4. The van der Waals surface area contributed by atoms with E-state index in [9.17, 15) is 5.11 Å². The lowest BCUT2D eigenvalue weighted by Gasteiger charge is -2.15. The van der Waals surface area contributed by atoms with Crippen LogP contribution >= 0.6 is 11.6 Å². The van der Waals surface area contributed by atoms with E-state index in [-0.39, 0.29) is 11.8 Å². The summed E-state index contributed by atoms with van der Waals surface area (Å²) in [6.07, 6.45) is 0.901. The summed E-state index contributed by atoms with van der Waals surface area (Å²) in [5.74, 6) is 0.151. The Kier molecular flexibility index (Phi) is 4.88. The van der Waals surface area contributed by atoms with Gasteiger partial charge in [0.2, 0.25) is 0 Å². The number of phenolic OH excluding ortho intramolecular Hbond substituents is 1. The molecule has 0 aliphatic rings. The summed E-state index contributed by atoms with van der Waals surface area (Å²) in [6.45, 7) is 2.73. The number of nitrogens with two attached hydrogens (primary N) is 1. The summed E-state index contributed by atoms with van der Waals surface area (Å²) in [6, 6.07) is 14.8. The van der Waals surface area contributed by atoms with Crippen molar-refractivity contribution in [3.8, 4) is 17.0 Å². The van der Waals surface area contributed by atoms with E-state index in [2.05, 4.69) is 17.2 Å². The molecule has 1 aromatic heterocycles. The molecule has 0 aliphatic heterocycles. The average Bonchev–Trinajstić information content (AvgIpc) is 2.61. The molecule has 0 saturated carbocycles.